The lowest BCUT2D eigenvalue weighted by Gasteiger charge is -2.39. The average Bonchev–Trinajstić information content (AvgIpc) is 2.63. The molecule has 2 rings (SSSR count). The Morgan fingerprint density at radius 1 is 1.15 bits per heavy atom. The molecule has 1 heterocycles. The summed E-state index contributed by atoms with van der Waals surface area (Å²) in [5.74, 6) is 0.378. The predicted octanol–water partition coefficient (Wildman–Crippen LogP) is -0.640. The van der Waals surface area contributed by atoms with Crippen LogP contribution in [0.15, 0.2) is 23.8 Å². The van der Waals surface area contributed by atoms with E-state index in [1.165, 1.54) is 6.07 Å². The van der Waals surface area contributed by atoms with Crippen molar-refractivity contribution in [2.45, 2.75) is 51.0 Å². The zero-order valence-electron chi connectivity index (χ0n) is 14.7. The summed E-state index contributed by atoms with van der Waals surface area (Å²) in [7, 11) is 0. The molecule has 0 radical (unpaired) electrons. The number of allylic oxidation sites excluding steroid dienone is 1. The van der Waals surface area contributed by atoms with Crippen molar-refractivity contribution in [2.75, 3.05) is 13.2 Å². The maximum absolute atomic E-state index is 10.1. The van der Waals surface area contributed by atoms with Crippen LogP contribution in [0.1, 0.15) is 18.1 Å². The lowest BCUT2D eigenvalue weighted by molar-refractivity contribution is -0.277. The van der Waals surface area contributed by atoms with Gasteiger partial charge < -0.3 is 40.1 Å². The minimum Gasteiger partial charge on any atom is -0.508 e. The van der Waals surface area contributed by atoms with E-state index in [4.69, 9.17) is 14.6 Å². The highest BCUT2D eigenvalue weighted by Crippen LogP contribution is 2.31. The highest BCUT2D eigenvalue weighted by Gasteiger charge is 2.44. The van der Waals surface area contributed by atoms with Crippen molar-refractivity contribution < 1.29 is 40.1 Å². The molecule has 0 aliphatic carbocycles. The number of benzene rings is 1. The Balaban J connectivity index is 2.28. The van der Waals surface area contributed by atoms with Crippen molar-refractivity contribution in [3.8, 4) is 11.5 Å². The van der Waals surface area contributed by atoms with E-state index < -0.39 is 37.3 Å². The summed E-state index contributed by atoms with van der Waals surface area (Å²) in [6.07, 6.45) is -4.79. The normalized spacial score (nSPS) is 29.7. The lowest BCUT2D eigenvalue weighted by Crippen LogP contribution is -2.60. The van der Waals surface area contributed by atoms with Crippen LogP contribution in [0.5, 0.6) is 11.5 Å². The van der Waals surface area contributed by atoms with E-state index in [1.54, 1.807) is 26.0 Å². The molecule has 0 aromatic heterocycles. The van der Waals surface area contributed by atoms with E-state index in [-0.39, 0.29) is 12.4 Å². The van der Waals surface area contributed by atoms with E-state index >= 15 is 0 Å². The molecule has 1 aliphatic heterocycles. The fourth-order valence-electron chi connectivity index (χ4n) is 2.62. The Labute approximate surface area is 151 Å². The van der Waals surface area contributed by atoms with Crippen LogP contribution in [-0.4, -0.2) is 74.6 Å². The van der Waals surface area contributed by atoms with Crippen molar-refractivity contribution in [3.05, 3.63) is 34.9 Å². The summed E-state index contributed by atoms with van der Waals surface area (Å²) in [6, 6.07) is 3.07. The zero-order chi connectivity index (χ0) is 19.4. The summed E-state index contributed by atoms with van der Waals surface area (Å²) in [5, 5.41) is 58.1. The summed E-state index contributed by atoms with van der Waals surface area (Å²) in [6.45, 7) is 2.78. The molecule has 8 heteroatoms. The molecule has 0 saturated carbocycles. The van der Waals surface area contributed by atoms with Crippen molar-refractivity contribution in [1.29, 1.82) is 0 Å². The first-order chi connectivity index (χ1) is 12.3. The number of aryl methyl sites for hydroxylation is 1. The third-order valence-electron chi connectivity index (χ3n) is 4.39. The Hall–Kier alpha value is -1.68. The molecule has 0 spiro atoms. The fraction of sp³-hybridized carbons (Fsp3) is 0.556. The number of hydrogen-bond donors (Lipinski definition) is 6. The molecule has 26 heavy (non-hydrogen) atoms. The molecule has 1 saturated heterocycles. The molecule has 1 fully saturated rings. The number of phenolic OH excluding ortho intramolecular Hbond substituents is 1. The molecule has 8 nitrogen and oxygen atoms in total. The minimum absolute atomic E-state index is 0.0659. The number of hydrogen-bond acceptors (Lipinski definition) is 8. The quantitative estimate of drug-likeness (QED) is 0.364. The summed E-state index contributed by atoms with van der Waals surface area (Å²) in [5.41, 5.74) is 1.86. The second kappa shape index (κ2) is 8.81. The van der Waals surface area contributed by atoms with E-state index in [0.29, 0.717) is 23.3 Å². The van der Waals surface area contributed by atoms with Crippen molar-refractivity contribution in [1.82, 2.24) is 0 Å². The maximum atomic E-state index is 10.1. The highest BCUT2D eigenvalue weighted by molar-refractivity contribution is 5.46. The van der Waals surface area contributed by atoms with E-state index in [0.717, 1.165) is 5.57 Å². The number of ether oxygens (including phenoxy) is 2. The van der Waals surface area contributed by atoms with Crippen LogP contribution in [0, 0.1) is 6.92 Å². The van der Waals surface area contributed by atoms with Gasteiger partial charge >= 0.3 is 0 Å². The van der Waals surface area contributed by atoms with Crippen LogP contribution in [0.25, 0.3) is 0 Å². The van der Waals surface area contributed by atoms with Gasteiger partial charge in [-0.2, -0.15) is 0 Å². The van der Waals surface area contributed by atoms with Crippen LogP contribution < -0.4 is 4.74 Å². The molecule has 0 bridgehead atoms. The van der Waals surface area contributed by atoms with Gasteiger partial charge in [0, 0.05) is 5.56 Å². The smallest absolute Gasteiger partial charge is 0.229 e. The minimum atomic E-state index is -1.54. The molecular weight excluding hydrogens is 344 g/mol. The van der Waals surface area contributed by atoms with Gasteiger partial charge in [-0.1, -0.05) is 11.6 Å². The van der Waals surface area contributed by atoms with Gasteiger partial charge in [-0.3, -0.25) is 0 Å². The van der Waals surface area contributed by atoms with Gasteiger partial charge in [0.2, 0.25) is 6.29 Å². The van der Waals surface area contributed by atoms with Crippen molar-refractivity contribution in [3.63, 3.8) is 0 Å². The Bertz CT molecular complexity index is 642. The Morgan fingerprint density at radius 3 is 2.46 bits per heavy atom. The molecule has 1 aromatic carbocycles. The van der Waals surface area contributed by atoms with Crippen LogP contribution >= 0.6 is 0 Å². The molecular formula is C18H26O8. The van der Waals surface area contributed by atoms with Gasteiger partial charge in [-0.25, -0.2) is 0 Å². The van der Waals surface area contributed by atoms with Crippen molar-refractivity contribution >= 4 is 0 Å². The first-order valence-electron chi connectivity index (χ1n) is 8.34. The first-order valence-corrected chi connectivity index (χ1v) is 8.34. The summed E-state index contributed by atoms with van der Waals surface area (Å²) in [4.78, 5) is 0. The Morgan fingerprint density at radius 2 is 1.85 bits per heavy atom. The Kier molecular flexibility index (Phi) is 6.99. The fourth-order valence-corrected chi connectivity index (χ4v) is 2.62. The SMILES string of the molecule is C/C(=C\Cc1cc(O)c(C)cc1O[C@@H]1O[C@H](CO)[C@@H](O)[C@H](O)[C@H]1O)CO. The zero-order valence-corrected chi connectivity index (χ0v) is 14.7. The average molecular weight is 370 g/mol. The van der Waals surface area contributed by atoms with Crippen molar-refractivity contribution in [2.24, 2.45) is 0 Å². The molecule has 5 atom stereocenters. The van der Waals surface area contributed by atoms with E-state index in [1.807, 2.05) is 0 Å². The second-order valence-electron chi connectivity index (χ2n) is 6.47. The van der Waals surface area contributed by atoms with Gasteiger partial charge in [-0.05, 0) is 38.0 Å². The second-order valence-corrected chi connectivity index (χ2v) is 6.47. The summed E-state index contributed by atoms with van der Waals surface area (Å²) < 4.78 is 11.1. The van der Waals surface area contributed by atoms with Gasteiger partial charge in [0.1, 0.15) is 35.9 Å². The molecule has 0 amide bonds. The number of aliphatic hydroxyl groups is 5. The van der Waals surface area contributed by atoms with Crippen LogP contribution in [0.4, 0.5) is 0 Å². The topological polar surface area (TPSA) is 140 Å². The molecule has 1 aliphatic rings. The van der Waals surface area contributed by atoms with Gasteiger partial charge in [0.05, 0.1) is 13.2 Å². The largest absolute Gasteiger partial charge is 0.508 e. The van der Waals surface area contributed by atoms with E-state index in [9.17, 15) is 25.5 Å². The molecule has 6 N–H and O–H groups in total. The van der Waals surface area contributed by atoms with Gasteiger partial charge in [-0.15, -0.1) is 0 Å². The number of phenols is 1. The molecule has 146 valence electrons. The standard InChI is InChI=1S/C18H26O8/c1-9(7-19)3-4-11-6-12(21)10(2)5-13(11)25-18-17(24)16(23)15(22)14(8-20)26-18/h3,5-6,14-24H,4,7-8H2,1-2H3/b9-3+/t14-,15-,16+,17-,18-/m1/s1. The number of aromatic hydroxyl groups is 1. The number of rotatable bonds is 6. The first kappa shape index (κ1) is 20.6. The lowest BCUT2D eigenvalue weighted by atomic mass is 9.99. The van der Waals surface area contributed by atoms with Gasteiger partial charge in [0.25, 0.3) is 0 Å². The monoisotopic (exact) mass is 370 g/mol. The third-order valence-corrected chi connectivity index (χ3v) is 4.39. The molecule has 1 aromatic rings. The molecule has 0 unspecified atom stereocenters. The highest BCUT2D eigenvalue weighted by atomic mass is 16.7. The third kappa shape index (κ3) is 4.53. The van der Waals surface area contributed by atoms with Crippen LogP contribution in [-0.2, 0) is 11.2 Å². The summed E-state index contributed by atoms with van der Waals surface area (Å²) >= 11 is 0. The number of aliphatic hydroxyl groups excluding tert-OH is 5. The maximum Gasteiger partial charge on any atom is 0.229 e. The van der Waals surface area contributed by atoms with E-state index in [2.05, 4.69) is 0 Å². The predicted molar refractivity (Wildman–Crippen MR) is 91.8 cm³/mol. The van der Waals surface area contributed by atoms with Crippen LogP contribution in [0.3, 0.4) is 0 Å². The van der Waals surface area contributed by atoms with Crippen LogP contribution in [0.2, 0.25) is 0 Å². The van der Waals surface area contributed by atoms with Gasteiger partial charge in [0.15, 0.2) is 0 Å².